The number of nitrogens with zero attached hydrogens (tertiary/aromatic N) is 1. The van der Waals surface area contributed by atoms with Crippen LogP contribution < -0.4 is 0 Å². The molecule has 1 fully saturated rings. The lowest BCUT2D eigenvalue weighted by molar-refractivity contribution is -0.126. The van der Waals surface area contributed by atoms with Gasteiger partial charge in [0.2, 0.25) is 0 Å². The van der Waals surface area contributed by atoms with Gasteiger partial charge >= 0.3 is 0 Å². The minimum absolute atomic E-state index is 0.170. The molecule has 0 N–H and O–H groups in total. The van der Waals surface area contributed by atoms with Gasteiger partial charge in [0.15, 0.2) is 0 Å². The van der Waals surface area contributed by atoms with Gasteiger partial charge in [-0.25, -0.2) is 0 Å². The van der Waals surface area contributed by atoms with E-state index in [1.54, 1.807) is 5.57 Å². The fourth-order valence-corrected chi connectivity index (χ4v) is 3.26. The molecule has 1 saturated carbocycles. The fraction of sp³-hybridized carbons (Fsp3) is 0.682. The zero-order valence-electron chi connectivity index (χ0n) is 16.9. The van der Waals surface area contributed by atoms with Crippen LogP contribution in [0.25, 0.3) is 0 Å². The van der Waals surface area contributed by atoms with E-state index in [1.807, 2.05) is 13.8 Å². The Morgan fingerprint density at radius 2 is 1.83 bits per heavy atom. The molecule has 0 amide bonds. The van der Waals surface area contributed by atoms with Gasteiger partial charge in [0.25, 0.3) is 0 Å². The summed E-state index contributed by atoms with van der Waals surface area (Å²) in [6.07, 6.45) is 11.4. The fourth-order valence-electron chi connectivity index (χ4n) is 3.26. The number of carbonyl (C=O) groups is 1. The van der Waals surface area contributed by atoms with Gasteiger partial charge in [-0.2, -0.15) is 0 Å². The molecule has 136 valence electrons. The van der Waals surface area contributed by atoms with Crippen molar-refractivity contribution in [3.05, 3.63) is 34.7 Å². The Bertz CT molecular complexity index is 518. The van der Waals surface area contributed by atoms with E-state index in [9.17, 15) is 4.79 Å². The van der Waals surface area contributed by atoms with Crippen LogP contribution in [0.5, 0.6) is 0 Å². The third kappa shape index (κ3) is 5.09. The zero-order valence-corrected chi connectivity index (χ0v) is 16.9. The van der Waals surface area contributed by atoms with Gasteiger partial charge in [-0.1, -0.05) is 34.6 Å². The van der Waals surface area contributed by atoms with Crippen LogP contribution in [0.2, 0.25) is 0 Å². The summed E-state index contributed by atoms with van der Waals surface area (Å²) in [6, 6.07) is 0. The maximum atomic E-state index is 12.3. The van der Waals surface area contributed by atoms with Crippen LogP contribution in [0.1, 0.15) is 80.1 Å². The minimum atomic E-state index is 0.170. The van der Waals surface area contributed by atoms with Crippen LogP contribution >= 0.6 is 0 Å². The van der Waals surface area contributed by atoms with Crippen LogP contribution in [0.3, 0.4) is 0 Å². The first-order valence-electron chi connectivity index (χ1n) is 9.82. The zero-order chi connectivity index (χ0) is 18.3. The highest BCUT2D eigenvalue weighted by molar-refractivity contribution is 5.82. The molecule has 0 spiro atoms. The Labute approximate surface area is 149 Å². The standard InChI is InChI=1S/C20H31NO.C2H6/c1-6-14(2)20(22)15(3)10-11-18-12-19(17-8-7-9-17)21(5)13-16(18)4;1-2/h12-15H,6-11H2,1-5H3;1-2H3. The van der Waals surface area contributed by atoms with Crippen molar-refractivity contribution in [2.24, 2.45) is 11.8 Å². The number of allylic oxidation sites excluding steroid dienone is 4. The number of rotatable bonds is 6. The molecule has 2 atom stereocenters. The Morgan fingerprint density at radius 3 is 2.33 bits per heavy atom. The van der Waals surface area contributed by atoms with Crippen molar-refractivity contribution in [1.29, 1.82) is 0 Å². The molecule has 0 aromatic heterocycles. The highest BCUT2D eigenvalue weighted by atomic mass is 16.1. The van der Waals surface area contributed by atoms with Gasteiger partial charge in [0, 0.05) is 30.8 Å². The summed E-state index contributed by atoms with van der Waals surface area (Å²) in [6.45, 7) is 12.4. The number of ketones is 1. The molecular formula is C22H37NO. The summed E-state index contributed by atoms with van der Waals surface area (Å²) in [4.78, 5) is 14.5. The number of likely N-dealkylation sites (N-methyl/N-ethyl adjacent to an activating group) is 1. The number of carbonyl (C=O) groups excluding carboxylic acids is 1. The average molecular weight is 332 g/mol. The van der Waals surface area contributed by atoms with Crippen LogP contribution in [0.15, 0.2) is 34.7 Å². The first-order valence-corrected chi connectivity index (χ1v) is 9.82. The molecule has 2 nitrogen and oxygen atoms in total. The first kappa shape index (κ1) is 20.7. The van der Waals surface area contributed by atoms with Gasteiger partial charge in [0.05, 0.1) is 0 Å². The predicted octanol–water partition coefficient (Wildman–Crippen LogP) is 6.26. The lowest BCUT2D eigenvalue weighted by Crippen LogP contribution is -2.21. The molecule has 1 aliphatic carbocycles. The molecule has 0 bridgehead atoms. The molecule has 1 heterocycles. The molecule has 0 aromatic rings. The normalized spacial score (nSPS) is 19.5. The number of hydrogen-bond donors (Lipinski definition) is 0. The van der Waals surface area contributed by atoms with E-state index in [0.717, 1.165) is 19.3 Å². The first-order chi connectivity index (χ1) is 11.4. The third-order valence-corrected chi connectivity index (χ3v) is 5.33. The van der Waals surface area contributed by atoms with Crippen molar-refractivity contribution in [3.63, 3.8) is 0 Å². The lowest BCUT2D eigenvalue weighted by Gasteiger charge is -2.30. The monoisotopic (exact) mass is 331 g/mol. The van der Waals surface area contributed by atoms with E-state index in [-0.39, 0.29) is 11.8 Å². The second-order valence-corrected chi connectivity index (χ2v) is 7.09. The van der Waals surface area contributed by atoms with Gasteiger partial charge < -0.3 is 4.90 Å². The van der Waals surface area contributed by atoms with Crippen LogP contribution in [-0.4, -0.2) is 17.7 Å². The van der Waals surface area contributed by atoms with Gasteiger partial charge in [-0.3, -0.25) is 4.79 Å². The summed E-state index contributed by atoms with van der Waals surface area (Å²) in [5, 5.41) is 0. The molecule has 1 aliphatic heterocycles. The lowest BCUT2D eigenvalue weighted by atomic mass is 9.85. The van der Waals surface area contributed by atoms with E-state index < -0.39 is 0 Å². The highest BCUT2D eigenvalue weighted by Crippen LogP contribution is 2.35. The van der Waals surface area contributed by atoms with Crippen molar-refractivity contribution in [1.82, 2.24) is 4.90 Å². The van der Waals surface area contributed by atoms with E-state index >= 15 is 0 Å². The van der Waals surface area contributed by atoms with Crippen molar-refractivity contribution in [2.75, 3.05) is 7.05 Å². The molecular weight excluding hydrogens is 294 g/mol. The van der Waals surface area contributed by atoms with Crippen molar-refractivity contribution in [2.45, 2.75) is 80.1 Å². The second kappa shape index (κ2) is 9.86. The molecule has 0 saturated heterocycles. The molecule has 2 heteroatoms. The van der Waals surface area contributed by atoms with E-state index in [4.69, 9.17) is 0 Å². The van der Waals surface area contributed by atoms with Crippen molar-refractivity contribution < 1.29 is 4.79 Å². The number of hydrogen-bond acceptors (Lipinski definition) is 2. The molecule has 2 rings (SSSR count). The molecule has 0 aromatic carbocycles. The van der Waals surface area contributed by atoms with Crippen LogP contribution in [0.4, 0.5) is 0 Å². The smallest absolute Gasteiger partial charge is 0.138 e. The Hall–Kier alpha value is -1.31. The summed E-state index contributed by atoms with van der Waals surface area (Å²) in [5.41, 5.74) is 5.74. The second-order valence-electron chi connectivity index (χ2n) is 7.09. The van der Waals surface area contributed by atoms with E-state index in [1.165, 1.54) is 36.1 Å². The van der Waals surface area contributed by atoms with Crippen molar-refractivity contribution in [3.8, 4) is 0 Å². The summed E-state index contributed by atoms with van der Waals surface area (Å²) in [7, 11) is 2.15. The molecule has 2 aliphatic rings. The largest absolute Gasteiger partial charge is 0.351 e. The van der Waals surface area contributed by atoms with Crippen LogP contribution in [0, 0.1) is 11.8 Å². The summed E-state index contributed by atoms with van der Waals surface area (Å²) >= 11 is 0. The molecule has 0 radical (unpaired) electrons. The third-order valence-electron chi connectivity index (χ3n) is 5.33. The Kier molecular flexibility index (Phi) is 8.52. The maximum Gasteiger partial charge on any atom is 0.138 e. The van der Waals surface area contributed by atoms with E-state index in [2.05, 4.69) is 51.9 Å². The van der Waals surface area contributed by atoms with Crippen LogP contribution in [-0.2, 0) is 4.79 Å². The van der Waals surface area contributed by atoms with Gasteiger partial charge in [-0.15, -0.1) is 0 Å². The summed E-state index contributed by atoms with van der Waals surface area (Å²) < 4.78 is 0. The molecule has 24 heavy (non-hydrogen) atoms. The van der Waals surface area contributed by atoms with Gasteiger partial charge in [-0.05, 0) is 68.2 Å². The Morgan fingerprint density at radius 1 is 1.21 bits per heavy atom. The summed E-state index contributed by atoms with van der Waals surface area (Å²) in [5.74, 6) is 0.795. The Balaban J connectivity index is 0.00000139. The quantitative estimate of drug-likeness (QED) is 0.572. The SMILES string of the molecule is CC.CCC(C)C(=O)C(C)CCC1=CC(=C2CCC2)N(C)C=C1C. The maximum absolute atomic E-state index is 12.3. The molecule has 2 unspecified atom stereocenters. The minimum Gasteiger partial charge on any atom is -0.351 e. The van der Waals surface area contributed by atoms with Gasteiger partial charge in [0.1, 0.15) is 5.78 Å². The van der Waals surface area contributed by atoms with Crippen molar-refractivity contribution >= 4 is 5.78 Å². The topological polar surface area (TPSA) is 20.3 Å². The number of Topliss-reactive ketones (excluding diaryl/α,β-unsaturated/α-hetero) is 1. The predicted molar refractivity (Wildman–Crippen MR) is 105 cm³/mol. The van der Waals surface area contributed by atoms with E-state index in [0.29, 0.717) is 5.78 Å². The highest BCUT2D eigenvalue weighted by Gasteiger charge is 2.22. The average Bonchev–Trinajstić information content (AvgIpc) is 2.54.